The monoisotopic (exact) mass is 264 g/mol. The second-order valence-electron chi connectivity index (χ2n) is 3.80. The zero-order valence-electron chi connectivity index (χ0n) is 9.67. The standard InChI is InChI=1S/C13H13FN2OS/c14-10-1-4-12(5-2-10)18-8-7-16-9-11(15)3-6-13(16)17/h1-6,9H,7-8,15H2. The summed E-state index contributed by atoms with van der Waals surface area (Å²) in [6, 6.07) is 9.35. The zero-order valence-corrected chi connectivity index (χ0v) is 10.5. The van der Waals surface area contributed by atoms with Crippen molar-refractivity contribution < 1.29 is 4.39 Å². The second kappa shape index (κ2) is 5.73. The molecule has 0 saturated carbocycles. The lowest BCUT2D eigenvalue weighted by Crippen LogP contribution is -2.19. The molecule has 1 aromatic carbocycles. The molecular weight excluding hydrogens is 251 g/mol. The van der Waals surface area contributed by atoms with Crippen LogP contribution in [0.15, 0.2) is 52.3 Å². The van der Waals surface area contributed by atoms with Gasteiger partial charge in [0, 0.05) is 35.1 Å². The van der Waals surface area contributed by atoms with Gasteiger partial charge in [0.2, 0.25) is 0 Å². The number of thioether (sulfide) groups is 1. The summed E-state index contributed by atoms with van der Waals surface area (Å²) in [4.78, 5) is 12.5. The number of rotatable bonds is 4. The van der Waals surface area contributed by atoms with Gasteiger partial charge < -0.3 is 10.3 Å². The number of hydrogen-bond acceptors (Lipinski definition) is 3. The normalized spacial score (nSPS) is 10.5. The molecule has 2 aromatic rings. The van der Waals surface area contributed by atoms with Crippen molar-refractivity contribution in [2.75, 3.05) is 11.5 Å². The van der Waals surface area contributed by atoms with Crippen molar-refractivity contribution in [1.82, 2.24) is 4.57 Å². The van der Waals surface area contributed by atoms with E-state index >= 15 is 0 Å². The maximum Gasteiger partial charge on any atom is 0.250 e. The Balaban J connectivity index is 1.94. The van der Waals surface area contributed by atoms with Gasteiger partial charge in [-0.15, -0.1) is 11.8 Å². The van der Waals surface area contributed by atoms with Crippen molar-refractivity contribution in [1.29, 1.82) is 0 Å². The molecule has 0 aliphatic heterocycles. The van der Waals surface area contributed by atoms with E-state index in [1.165, 1.54) is 18.2 Å². The van der Waals surface area contributed by atoms with Crippen LogP contribution >= 0.6 is 11.8 Å². The Hall–Kier alpha value is -1.75. The van der Waals surface area contributed by atoms with Crippen LogP contribution in [0.3, 0.4) is 0 Å². The van der Waals surface area contributed by atoms with Gasteiger partial charge in [-0.2, -0.15) is 0 Å². The first-order valence-electron chi connectivity index (χ1n) is 5.49. The number of pyridine rings is 1. The third kappa shape index (κ3) is 3.37. The molecule has 2 N–H and O–H groups in total. The summed E-state index contributed by atoms with van der Waals surface area (Å²) in [5, 5.41) is 0. The highest BCUT2D eigenvalue weighted by Gasteiger charge is 1.98. The van der Waals surface area contributed by atoms with Crippen molar-refractivity contribution >= 4 is 17.4 Å². The van der Waals surface area contributed by atoms with Crippen LogP contribution in [0.1, 0.15) is 0 Å². The highest BCUT2D eigenvalue weighted by Crippen LogP contribution is 2.18. The molecule has 0 fully saturated rings. The molecular formula is C13H13FN2OS. The first-order chi connectivity index (χ1) is 8.65. The average Bonchev–Trinajstić information content (AvgIpc) is 2.36. The highest BCUT2D eigenvalue weighted by atomic mass is 32.2. The van der Waals surface area contributed by atoms with Crippen LogP contribution in [-0.4, -0.2) is 10.3 Å². The van der Waals surface area contributed by atoms with E-state index in [0.29, 0.717) is 12.2 Å². The van der Waals surface area contributed by atoms with Crippen LogP contribution in [0, 0.1) is 5.82 Å². The van der Waals surface area contributed by atoms with Crippen LogP contribution in [0.4, 0.5) is 10.1 Å². The third-order valence-corrected chi connectivity index (χ3v) is 3.41. The van der Waals surface area contributed by atoms with Gasteiger partial charge in [0.05, 0.1) is 0 Å². The first kappa shape index (κ1) is 12.7. The van der Waals surface area contributed by atoms with Gasteiger partial charge in [-0.05, 0) is 30.3 Å². The molecule has 0 bridgehead atoms. The van der Waals surface area contributed by atoms with E-state index in [-0.39, 0.29) is 11.4 Å². The summed E-state index contributed by atoms with van der Waals surface area (Å²) >= 11 is 1.57. The molecule has 1 heterocycles. The first-order valence-corrected chi connectivity index (χ1v) is 6.48. The van der Waals surface area contributed by atoms with Gasteiger partial charge in [0.15, 0.2) is 0 Å². The third-order valence-electron chi connectivity index (χ3n) is 2.42. The number of hydrogen-bond donors (Lipinski definition) is 1. The van der Waals surface area contributed by atoms with Crippen LogP contribution in [-0.2, 0) is 6.54 Å². The Morgan fingerprint density at radius 2 is 1.89 bits per heavy atom. The van der Waals surface area contributed by atoms with Gasteiger partial charge in [0.1, 0.15) is 5.82 Å². The Morgan fingerprint density at radius 1 is 1.17 bits per heavy atom. The van der Waals surface area contributed by atoms with Gasteiger partial charge in [-0.25, -0.2) is 4.39 Å². The molecule has 1 aromatic heterocycles. The number of aryl methyl sites for hydroxylation is 1. The summed E-state index contributed by atoms with van der Waals surface area (Å²) < 4.78 is 14.3. The summed E-state index contributed by atoms with van der Waals surface area (Å²) in [7, 11) is 0. The largest absolute Gasteiger partial charge is 0.398 e. The number of benzene rings is 1. The summed E-state index contributed by atoms with van der Waals surface area (Å²) in [6.07, 6.45) is 1.63. The quantitative estimate of drug-likeness (QED) is 0.862. The minimum atomic E-state index is -0.244. The summed E-state index contributed by atoms with van der Waals surface area (Å²) in [5.41, 5.74) is 6.12. The molecule has 0 spiro atoms. The number of nitrogens with two attached hydrogens (primary N) is 1. The van der Waals surface area contributed by atoms with E-state index in [4.69, 9.17) is 5.73 Å². The molecule has 0 aliphatic rings. The Labute approximate surface area is 108 Å². The van der Waals surface area contributed by atoms with Crippen molar-refractivity contribution in [3.8, 4) is 0 Å². The van der Waals surface area contributed by atoms with Crippen LogP contribution in [0.25, 0.3) is 0 Å². The lowest BCUT2D eigenvalue weighted by Gasteiger charge is -2.06. The van der Waals surface area contributed by atoms with Gasteiger partial charge >= 0.3 is 0 Å². The molecule has 0 atom stereocenters. The van der Waals surface area contributed by atoms with E-state index < -0.39 is 0 Å². The molecule has 0 unspecified atom stereocenters. The van der Waals surface area contributed by atoms with Crippen molar-refractivity contribution in [3.63, 3.8) is 0 Å². The SMILES string of the molecule is Nc1ccc(=O)n(CCSc2ccc(F)cc2)c1. The fraction of sp³-hybridized carbons (Fsp3) is 0.154. The molecule has 0 saturated heterocycles. The highest BCUT2D eigenvalue weighted by molar-refractivity contribution is 7.99. The molecule has 94 valence electrons. The second-order valence-corrected chi connectivity index (χ2v) is 4.96. The fourth-order valence-corrected chi connectivity index (χ4v) is 2.37. The maximum atomic E-state index is 12.7. The van der Waals surface area contributed by atoms with Gasteiger partial charge in [-0.3, -0.25) is 4.79 Å². The Kier molecular flexibility index (Phi) is 4.04. The zero-order chi connectivity index (χ0) is 13.0. The van der Waals surface area contributed by atoms with Gasteiger partial charge in [0.25, 0.3) is 5.56 Å². The average molecular weight is 264 g/mol. The topological polar surface area (TPSA) is 48.0 Å². The summed E-state index contributed by atoms with van der Waals surface area (Å²) in [6.45, 7) is 0.575. The summed E-state index contributed by atoms with van der Waals surface area (Å²) in [5.74, 6) is 0.487. The molecule has 0 radical (unpaired) electrons. The van der Waals surface area contributed by atoms with E-state index in [9.17, 15) is 9.18 Å². The lowest BCUT2D eigenvalue weighted by atomic mass is 10.4. The number of nitrogens with zero attached hydrogens (tertiary/aromatic N) is 1. The lowest BCUT2D eigenvalue weighted by molar-refractivity contribution is 0.626. The minimum absolute atomic E-state index is 0.0658. The molecule has 0 amide bonds. The van der Waals surface area contributed by atoms with E-state index in [0.717, 1.165) is 10.6 Å². The van der Waals surface area contributed by atoms with E-state index in [1.54, 1.807) is 40.7 Å². The van der Waals surface area contributed by atoms with Crippen molar-refractivity contribution in [2.24, 2.45) is 0 Å². The van der Waals surface area contributed by atoms with Crippen molar-refractivity contribution in [2.45, 2.75) is 11.4 Å². The number of halogens is 1. The van der Waals surface area contributed by atoms with Crippen molar-refractivity contribution in [3.05, 3.63) is 58.8 Å². The predicted molar refractivity (Wildman–Crippen MR) is 72.2 cm³/mol. The van der Waals surface area contributed by atoms with E-state index in [2.05, 4.69) is 0 Å². The molecule has 2 rings (SSSR count). The smallest absolute Gasteiger partial charge is 0.250 e. The van der Waals surface area contributed by atoms with Crippen LogP contribution in [0.2, 0.25) is 0 Å². The molecule has 0 aliphatic carbocycles. The van der Waals surface area contributed by atoms with Crippen LogP contribution < -0.4 is 11.3 Å². The maximum absolute atomic E-state index is 12.7. The Bertz CT molecular complexity index is 580. The number of aromatic nitrogens is 1. The molecule has 5 heteroatoms. The number of nitrogen functional groups attached to an aromatic ring is 1. The van der Waals surface area contributed by atoms with Gasteiger partial charge in [-0.1, -0.05) is 0 Å². The predicted octanol–water partition coefficient (Wildman–Crippen LogP) is 2.36. The fourth-order valence-electron chi connectivity index (χ4n) is 1.52. The Morgan fingerprint density at radius 3 is 2.61 bits per heavy atom. The van der Waals surface area contributed by atoms with E-state index in [1.807, 2.05) is 0 Å². The minimum Gasteiger partial charge on any atom is -0.398 e. The molecule has 3 nitrogen and oxygen atoms in total. The van der Waals surface area contributed by atoms with Crippen LogP contribution in [0.5, 0.6) is 0 Å². The molecule has 18 heavy (non-hydrogen) atoms. The number of anilines is 1.